The zero-order valence-corrected chi connectivity index (χ0v) is 15.3. The van der Waals surface area contributed by atoms with Crippen molar-refractivity contribution in [3.05, 3.63) is 64.6 Å². The van der Waals surface area contributed by atoms with E-state index in [0.717, 1.165) is 5.56 Å². The van der Waals surface area contributed by atoms with Gasteiger partial charge in [-0.25, -0.2) is 0 Å². The SMILES string of the molecule is CC(CO)n1ccc2c(NC(=O)Cc3ccc4c(c3)OCO4)cccc2c1=O. The van der Waals surface area contributed by atoms with Crippen LogP contribution in [-0.4, -0.2) is 29.0 Å². The molecule has 144 valence electrons. The maximum Gasteiger partial charge on any atom is 0.258 e. The number of anilines is 1. The Hall–Kier alpha value is -3.32. The molecule has 2 heterocycles. The third-order valence-electron chi connectivity index (χ3n) is 4.79. The first-order valence-electron chi connectivity index (χ1n) is 9.00. The number of hydrogen-bond acceptors (Lipinski definition) is 5. The number of nitrogens with one attached hydrogen (secondary N) is 1. The zero-order valence-electron chi connectivity index (χ0n) is 15.3. The largest absolute Gasteiger partial charge is 0.454 e. The van der Waals surface area contributed by atoms with Crippen LogP contribution in [0, 0.1) is 0 Å². The van der Waals surface area contributed by atoms with Crippen molar-refractivity contribution in [2.24, 2.45) is 0 Å². The summed E-state index contributed by atoms with van der Waals surface area (Å²) in [6, 6.07) is 12.1. The molecule has 2 aromatic carbocycles. The predicted octanol–water partition coefficient (Wildman–Crippen LogP) is 2.46. The van der Waals surface area contributed by atoms with Crippen LogP contribution in [0.3, 0.4) is 0 Å². The molecule has 4 rings (SSSR count). The molecule has 1 atom stereocenters. The van der Waals surface area contributed by atoms with E-state index in [4.69, 9.17) is 9.47 Å². The van der Waals surface area contributed by atoms with Gasteiger partial charge in [0.15, 0.2) is 11.5 Å². The van der Waals surface area contributed by atoms with Crippen LogP contribution in [0.25, 0.3) is 10.8 Å². The molecule has 0 saturated carbocycles. The van der Waals surface area contributed by atoms with Gasteiger partial charge in [0.1, 0.15) is 0 Å². The number of carbonyl (C=O) groups excluding carboxylic acids is 1. The molecule has 2 N–H and O–H groups in total. The third-order valence-corrected chi connectivity index (χ3v) is 4.79. The first-order valence-corrected chi connectivity index (χ1v) is 9.00. The molecule has 0 fully saturated rings. The summed E-state index contributed by atoms with van der Waals surface area (Å²) in [5.41, 5.74) is 1.18. The maximum absolute atomic E-state index is 12.7. The van der Waals surface area contributed by atoms with E-state index in [9.17, 15) is 14.7 Å². The van der Waals surface area contributed by atoms with E-state index in [2.05, 4.69) is 5.32 Å². The fourth-order valence-corrected chi connectivity index (χ4v) is 3.27. The highest BCUT2D eigenvalue weighted by Gasteiger charge is 2.15. The quantitative estimate of drug-likeness (QED) is 0.710. The van der Waals surface area contributed by atoms with Crippen molar-refractivity contribution in [2.75, 3.05) is 18.7 Å². The van der Waals surface area contributed by atoms with E-state index in [1.165, 1.54) is 4.57 Å². The van der Waals surface area contributed by atoms with Crippen LogP contribution >= 0.6 is 0 Å². The second kappa shape index (κ2) is 7.36. The predicted molar refractivity (Wildman–Crippen MR) is 105 cm³/mol. The van der Waals surface area contributed by atoms with Crippen LogP contribution in [-0.2, 0) is 11.2 Å². The van der Waals surface area contributed by atoms with E-state index in [1.54, 1.807) is 49.5 Å². The molecule has 0 aliphatic carbocycles. The molecule has 28 heavy (non-hydrogen) atoms. The highest BCUT2D eigenvalue weighted by molar-refractivity contribution is 6.02. The fourth-order valence-electron chi connectivity index (χ4n) is 3.27. The molecule has 1 aromatic heterocycles. The molecule has 1 aliphatic heterocycles. The van der Waals surface area contributed by atoms with E-state index in [0.29, 0.717) is 28.0 Å². The number of benzene rings is 2. The molecule has 7 nitrogen and oxygen atoms in total. The highest BCUT2D eigenvalue weighted by Crippen LogP contribution is 2.32. The van der Waals surface area contributed by atoms with Gasteiger partial charge in [-0.05, 0) is 42.8 Å². The second-order valence-electron chi connectivity index (χ2n) is 6.74. The molecule has 1 unspecified atom stereocenters. The molecule has 1 amide bonds. The van der Waals surface area contributed by atoms with E-state index in [1.807, 2.05) is 6.07 Å². The molecule has 0 bridgehead atoms. The van der Waals surface area contributed by atoms with Gasteiger partial charge in [-0.15, -0.1) is 0 Å². The molecule has 0 saturated heterocycles. The van der Waals surface area contributed by atoms with Crippen molar-refractivity contribution in [3.8, 4) is 11.5 Å². The van der Waals surface area contributed by atoms with E-state index >= 15 is 0 Å². The summed E-state index contributed by atoms with van der Waals surface area (Å²) >= 11 is 0. The van der Waals surface area contributed by atoms with Crippen LogP contribution in [0.4, 0.5) is 5.69 Å². The van der Waals surface area contributed by atoms with Gasteiger partial charge in [0.25, 0.3) is 5.56 Å². The van der Waals surface area contributed by atoms with Gasteiger partial charge in [-0.3, -0.25) is 9.59 Å². The van der Waals surface area contributed by atoms with Crippen LogP contribution < -0.4 is 20.3 Å². The average molecular weight is 380 g/mol. The van der Waals surface area contributed by atoms with Gasteiger partial charge >= 0.3 is 0 Å². The van der Waals surface area contributed by atoms with Gasteiger partial charge in [0.2, 0.25) is 12.7 Å². The Labute approximate surface area is 161 Å². The Morgan fingerprint density at radius 2 is 2.00 bits per heavy atom. The molecule has 7 heteroatoms. The maximum atomic E-state index is 12.7. The summed E-state index contributed by atoms with van der Waals surface area (Å²) in [6.07, 6.45) is 1.81. The number of aliphatic hydroxyl groups is 1. The standard InChI is InChI=1S/C21H20N2O5/c1-13(11-24)23-8-7-15-16(21(23)26)3-2-4-17(15)22-20(25)10-14-5-6-18-19(9-14)28-12-27-18/h2-9,13,24H,10-12H2,1H3,(H,22,25). The first-order chi connectivity index (χ1) is 13.6. The Kier molecular flexibility index (Phi) is 4.75. The van der Waals surface area contributed by atoms with Crippen LogP contribution in [0.5, 0.6) is 11.5 Å². The number of ether oxygens (including phenoxy) is 2. The van der Waals surface area contributed by atoms with Gasteiger partial charge < -0.3 is 24.5 Å². The number of aliphatic hydroxyl groups excluding tert-OH is 1. The van der Waals surface area contributed by atoms with Gasteiger partial charge in [-0.1, -0.05) is 12.1 Å². The first kappa shape index (κ1) is 18.1. The lowest BCUT2D eigenvalue weighted by atomic mass is 10.1. The number of nitrogens with zero attached hydrogens (tertiary/aromatic N) is 1. The number of pyridine rings is 1. The summed E-state index contributed by atoms with van der Waals surface area (Å²) < 4.78 is 12.1. The minimum Gasteiger partial charge on any atom is -0.454 e. The number of fused-ring (bicyclic) bond motifs is 2. The summed E-state index contributed by atoms with van der Waals surface area (Å²) in [6.45, 7) is 1.83. The number of aromatic nitrogens is 1. The van der Waals surface area contributed by atoms with Crippen molar-refractivity contribution < 1.29 is 19.4 Å². The van der Waals surface area contributed by atoms with Crippen molar-refractivity contribution in [2.45, 2.75) is 19.4 Å². The summed E-state index contributed by atoms with van der Waals surface area (Å²) in [4.78, 5) is 25.2. The minimum absolute atomic E-state index is 0.128. The Morgan fingerprint density at radius 3 is 2.82 bits per heavy atom. The summed E-state index contributed by atoms with van der Waals surface area (Å²) in [7, 11) is 0. The van der Waals surface area contributed by atoms with Gasteiger partial charge in [0.05, 0.1) is 19.1 Å². The molecule has 3 aromatic rings. The molecular weight excluding hydrogens is 360 g/mol. The van der Waals surface area contributed by atoms with Gasteiger partial charge in [-0.2, -0.15) is 0 Å². The fraction of sp³-hybridized carbons (Fsp3) is 0.238. The molecule has 1 aliphatic rings. The van der Waals surface area contributed by atoms with Gasteiger partial charge in [0, 0.05) is 22.7 Å². The third kappa shape index (κ3) is 3.32. The van der Waals surface area contributed by atoms with Crippen molar-refractivity contribution >= 4 is 22.4 Å². The number of hydrogen-bond donors (Lipinski definition) is 2. The topological polar surface area (TPSA) is 89.8 Å². The zero-order chi connectivity index (χ0) is 19.7. The second-order valence-corrected chi connectivity index (χ2v) is 6.74. The average Bonchev–Trinajstić information content (AvgIpc) is 3.16. The van der Waals surface area contributed by atoms with Crippen molar-refractivity contribution in [1.29, 1.82) is 0 Å². The number of rotatable bonds is 5. The van der Waals surface area contributed by atoms with Crippen LogP contribution in [0.2, 0.25) is 0 Å². The Bertz CT molecular complexity index is 1110. The Balaban J connectivity index is 1.58. The lowest BCUT2D eigenvalue weighted by Gasteiger charge is -2.14. The van der Waals surface area contributed by atoms with E-state index in [-0.39, 0.29) is 37.3 Å². The molecule has 0 radical (unpaired) electrons. The lowest BCUT2D eigenvalue weighted by Crippen LogP contribution is -2.25. The van der Waals surface area contributed by atoms with Crippen molar-refractivity contribution in [1.82, 2.24) is 4.57 Å². The normalized spacial score (nSPS) is 13.5. The monoisotopic (exact) mass is 380 g/mol. The minimum atomic E-state index is -0.318. The number of carbonyl (C=O) groups is 1. The highest BCUT2D eigenvalue weighted by atomic mass is 16.7. The smallest absolute Gasteiger partial charge is 0.258 e. The van der Waals surface area contributed by atoms with Crippen LogP contribution in [0.15, 0.2) is 53.5 Å². The summed E-state index contributed by atoms with van der Waals surface area (Å²) in [5.74, 6) is 1.11. The molecule has 0 spiro atoms. The lowest BCUT2D eigenvalue weighted by molar-refractivity contribution is -0.115. The van der Waals surface area contributed by atoms with Crippen molar-refractivity contribution in [3.63, 3.8) is 0 Å². The summed E-state index contributed by atoms with van der Waals surface area (Å²) in [5, 5.41) is 13.4. The van der Waals surface area contributed by atoms with Crippen LogP contribution in [0.1, 0.15) is 18.5 Å². The number of amides is 1. The Morgan fingerprint density at radius 1 is 1.18 bits per heavy atom. The van der Waals surface area contributed by atoms with E-state index < -0.39 is 0 Å². The molecular formula is C21H20N2O5.